The van der Waals surface area contributed by atoms with Crippen LogP contribution in [0, 0.1) is 10.1 Å². The number of likely N-dealkylation sites (N-methyl/N-ethyl adjacent to an activating group) is 1. The maximum atomic E-state index is 12.1. The minimum Gasteiger partial charge on any atom is -0.352 e. The first-order chi connectivity index (χ1) is 11.0. The molecular formula is C15H21ClN4O3. The smallest absolute Gasteiger partial charge is 0.282 e. The van der Waals surface area contributed by atoms with E-state index in [4.69, 9.17) is 11.6 Å². The number of nitro benzene ring substituents is 1. The molecule has 7 nitrogen and oxygen atoms in total. The molecule has 0 saturated carbocycles. The number of hydrogen-bond donors (Lipinski definition) is 1. The van der Waals surface area contributed by atoms with Gasteiger partial charge in [-0.1, -0.05) is 11.6 Å². The van der Waals surface area contributed by atoms with E-state index >= 15 is 0 Å². The van der Waals surface area contributed by atoms with Gasteiger partial charge in [-0.2, -0.15) is 0 Å². The van der Waals surface area contributed by atoms with Gasteiger partial charge in [-0.05, 0) is 32.1 Å². The third-order valence-corrected chi connectivity index (χ3v) is 4.17. The highest BCUT2D eigenvalue weighted by molar-refractivity contribution is 6.31. The first-order valence-electron chi connectivity index (χ1n) is 7.60. The molecule has 0 aliphatic carbocycles. The molecule has 1 amide bonds. The first-order valence-corrected chi connectivity index (χ1v) is 7.98. The second kappa shape index (κ2) is 8.24. The molecule has 1 N–H and O–H groups in total. The second-order valence-electron chi connectivity index (χ2n) is 5.67. The van der Waals surface area contributed by atoms with Crippen LogP contribution in [-0.4, -0.2) is 66.9 Å². The maximum absolute atomic E-state index is 12.1. The molecule has 126 valence electrons. The van der Waals surface area contributed by atoms with Crippen LogP contribution in [0.5, 0.6) is 0 Å². The number of carbonyl (C=O) groups is 1. The molecule has 0 bridgehead atoms. The highest BCUT2D eigenvalue weighted by atomic mass is 35.5. The van der Waals surface area contributed by atoms with E-state index in [-0.39, 0.29) is 11.3 Å². The van der Waals surface area contributed by atoms with E-state index < -0.39 is 10.8 Å². The molecule has 1 heterocycles. The van der Waals surface area contributed by atoms with Crippen molar-refractivity contribution in [3.63, 3.8) is 0 Å². The summed E-state index contributed by atoms with van der Waals surface area (Å²) >= 11 is 5.83. The molecule has 23 heavy (non-hydrogen) atoms. The van der Waals surface area contributed by atoms with Crippen LogP contribution >= 0.6 is 11.6 Å². The van der Waals surface area contributed by atoms with E-state index in [2.05, 4.69) is 22.2 Å². The van der Waals surface area contributed by atoms with E-state index in [9.17, 15) is 14.9 Å². The average molecular weight is 341 g/mol. The molecule has 1 aliphatic heterocycles. The fraction of sp³-hybridized carbons (Fsp3) is 0.533. The van der Waals surface area contributed by atoms with Gasteiger partial charge in [0.05, 0.1) is 4.92 Å². The Labute approximate surface area is 140 Å². The molecule has 1 fully saturated rings. The predicted octanol–water partition coefficient (Wildman–Crippen LogP) is 1.62. The Hall–Kier alpha value is -1.70. The fourth-order valence-corrected chi connectivity index (χ4v) is 2.69. The third kappa shape index (κ3) is 5.16. The normalized spacial score (nSPS) is 16.3. The summed E-state index contributed by atoms with van der Waals surface area (Å²) in [4.78, 5) is 27.2. The third-order valence-electron chi connectivity index (χ3n) is 3.93. The zero-order valence-corrected chi connectivity index (χ0v) is 13.9. The van der Waals surface area contributed by atoms with Crippen molar-refractivity contribution in [3.8, 4) is 0 Å². The lowest BCUT2D eigenvalue weighted by molar-refractivity contribution is -0.385. The number of nitrogens with one attached hydrogen (secondary N) is 1. The molecule has 0 radical (unpaired) electrons. The molecule has 0 aromatic heterocycles. The minimum absolute atomic E-state index is 0.00194. The van der Waals surface area contributed by atoms with Crippen molar-refractivity contribution in [2.24, 2.45) is 0 Å². The Morgan fingerprint density at radius 3 is 2.70 bits per heavy atom. The van der Waals surface area contributed by atoms with E-state index in [1.165, 1.54) is 18.2 Å². The van der Waals surface area contributed by atoms with Gasteiger partial charge in [-0.25, -0.2) is 0 Å². The van der Waals surface area contributed by atoms with Gasteiger partial charge in [0.2, 0.25) is 0 Å². The zero-order chi connectivity index (χ0) is 16.8. The molecule has 1 aromatic carbocycles. The quantitative estimate of drug-likeness (QED) is 0.483. The Balaban J connectivity index is 1.81. The number of piperazine rings is 1. The number of nitrogens with zero attached hydrogens (tertiary/aromatic N) is 3. The molecule has 1 saturated heterocycles. The van der Waals surface area contributed by atoms with Gasteiger partial charge >= 0.3 is 0 Å². The van der Waals surface area contributed by atoms with Crippen molar-refractivity contribution >= 4 is 23.2 Å². The molecule has 1 aliphatic rings. The van der Waals surface area contributed by atoms with Crippen LogP contribution < -0.4 is 5.32 Å². The van der Waals surface area contributed by atoms with Crippen LogP contribution in [0.1, 0.15) is 16.8 Å². The second-order valence-corrected chi connectivity index (χ2v) is 6.11. The fourth-order valence-electron chi connectivity index (χ4n) is 2.52. The summed E-state index contributed by atoms with van der Waals surface area (Å²) in [5, 5.41) is 14.0. The summed E-state index contributed by atoms with van der Waals surface area (Å²) in [6, 6.07) is 3.99. The monoisotopic (exact) mass is 340 g/mol. The summed E-state index contributed by atoms with van der Waals surface area (Å²) in [6.07, 6.45) is 0.809. The highest BCUT2D eigenvalue weighted by Gasteiger charge is 2.20. The highest BCUT2D eigenvalue weighted by Crippen LogP contribution is 2.22. The summed E-state index contributed by atoms with van der Waals surface area (Å²) in [6.45, 7) is 5.57. The van der Waals surface area contributed by atoms with Crippen molar-refractivity contribution in [1.82, 2.24) is 15.1 Å². The minimum atomic E-state index is -0.574. The van der Waals surface area contributed by atoms with Gasteiger partial charge in [0.15, 0.2) is 0 Å². The predicted molar refractivity (Wildman–Crippen MR) is 89.0 cm³/mol. The molecule has 2 rings (SSSR count). The van der Waals surface area contributed by atoms with E-state index in [1.54, 1.807) is 0 Å². The summed E-state index contributed by atoms with van der Waals surface area (Å²) in [5.41, 5.74) is -0.229. The van der Waals surface area contributed by atoms with Crippen molar-refractivity contribution in [2.75, 3.05) is 46.3 Å². The lowest BCUT2D eigenvalue weighted by Gasteiger charge is -2.32. The molecular weight excluding hydrogens is 320 g/mol. The Kier molecular flexibility index (Phi) is 6.32. The number of carbonyl (C=O) groups excluding carboxylic acids is 1. The standard InChI is InChI=1S/C15H21ClN4O3/c1-18-7-9-19(10-8-18)6-2-5-17-15(21)13-11-12(16)3-4-14(13)20(22)23/h3-4,11H,2,5-10H2,1H3,(H,17,21). The zero-order valence-electron chi connectivity index (χ0n) is 13.1. The number of hydrogen-bond acceptors (Lipinski definition) is 5. The van der Waals surface area contributed by atoms with E-state index in [0.29, 0.717) is 11.6 Å². The molecule has 1 aromatic rings. The number of amides is 1. The van der Waals surface area contributed by atoms with Gasteiger partial charge in [0.25, 0.3) is 11.6 Å². The number of nitro groups is 1. The largest absolute Gasteiger partial charge is 0.352 e. The van der Waals surface area contributed by atoms with Crippen LogP contribution in [-0.2, 0) is 0 Å². The van der Waals surface area contributed by atoms with Crippen LogP contribution in [0.25, 0.3) is 0 Å². The van der Waals surface area contributed by atoms with Crippen LogP contribution in [0.2, 0.25) is 5.02 Å². The van der Waals surface area contributed by atoms with E-state index in [0.717, 1.165) is 39.1 Å². The molecule has 0 atom stereocenters. The van der Waals surface area contributed by atoms with Crippen LogP contribution in [0.15, 0.2) is 18.2 Å². The Morgan fingerprint density at radius 2 is 2.04 bits per heavy atom. The van der Waals surface area contributed by atoms with Gasteiger partial charge in [-0.3, -0.25) is 14.9 Å². The summed E-state index contributed by atoms with van der Waals surface area (Å²) < 4.78 is 0. The van der Waals surface area contributed by atoms with Crippen molar-refractivity contribution in [2.45, 2.75) is 6.42 Å². The van der Waals surface area contributed by atoms with Crippen molar-refractivity contribution < 1.29 is 9.72 Å². The van der Waals surface area contributed by atoms with Crippen molar-refractivity contribution in [1.29, 1.82) is 0 Å². The molecule has 0 spiro atoms. The van der Waals surface area contributed by atoms with Gasteiger partial charge in [0.1, 0.15) is 5.56 Å². The number of benzene rings is 1. The summed E-state index contributed by atoms with van der Waals surface area (Å²) in [7, 11) is 2.11. The lowest BCUT2D eigenvalue weighted by Crippen LogP contribution is -2.45. The number of halogens is 1. The van der Waals surface area contributed by atoms with Crippen LogP contribution in [0.3, 0.4) is 0 Å². The average Bonchev–Trinajstić information content (AvgIpc) is 2.52. The maximum Gasteiger partial charge on any atom is 0.282 e. The van der Waals surface area contributed by atoms with Gasteiger partial charge in [-0.15, -0.1) is 0 Å². The summed E-state index contributed by atoms with van der Waals surface area (Å²) in [5.74, 6) is -0.461. The van der Waals surface area contributed by atoms with E-state index in [1.807, 2.05) is 0 Å². The Bertz CT molecular complexity index is 574. The topological polar surface area (TPSA) is 78.7 Å². The SMILES string of the molecule is CN1CCN(CCCNC(=O)c2cc(Cl)ccc2[N+](=O)[O-])CC1. The van der Waals surface area contributed by atoms with Crippen LogP contribution in [0.4, 0.5) is 5.69 Å². The first kappa shape index (κ1) is 17.7. The molecule has 0 unspecified atom stereocenters. The van der Waals surface area contributed by atoms with Crippen molar-refractivity contribution in [3.05, 3.63) is 38.9 Å². The lowest BCUT2D eigenvalue weighted by atomic mass is 10.1. The van der Waals surface area contributed by atoms with Gasteiger partial charge < -0.3 is 15.1 Å². The number of rotatable bonds is 6. The molecule has 8 heteroatoms. The van der Waals surface area contributed by atoms with Gasteiger partial charge in [0, 0.05) is 43.8 Å². The Morgan fingerprint density at radius 1 is 1.35 bits per heavy atom.